The summed E-state index contributed by atoms with van der Waals surface area (Å²) in [6.45, 7) is 2.10. The molecule has 1 unspecified atom stereocenters. The van der Waals surface area contributed by atoms with Gasteiger partial charge in [0.2, 0.25) is 0 Å². The van der Waals surface area contributed by atoms with Crippen molar-refractivity contribution in [2.24, 2.45) is 11.7 Å². The van der Waals surface area contributed by atoms with Gasteiger partial charge in [0.25, 0.3) is 11.8 Å². The minimum atomic E-state index is -4.81. The predicted octanol–water partition coefficient (Wildman–Crippen LogP) is 2.40. The molecule has 1 saturated carbocycles. The van der Waals surface area contributed by atoms with Gasteiger partial charge in [0.1, 0.15) is 5.82 Å². The number of rotatable bonds is 2. The zero-order valence-corrected chi connectivity index (χ0v) is 16.9. The lowest BCUT2D eigenvalue weighted by molar-refractivity contribution is -0.145. The molecule has 1 saturated heterocycles. The summed E-state index contributed by atoms with van der Waals surface area (Å²) in [7, 11) is 1.59. The number of nitrogens with two attached hydrogens (primary N) is 1. The van der Waals surface area contributed by atoms with Gasteiger partial charge in [0.15, 0.2) is 17.0 Å². The van der Waals surface area contributed by atoms with Crippen LogP contribution in [-0.2, 0) is 16.6 Å². The molecule has 4 aliphatic rings. The Hall–Kier alpha value is -2.88. The van der Waals surface area contributed by atoms with Crippen molar-refractivity contribution in [3.63, 3.8) is 0 Å². The van der Waals surface area contributed by atoms with Crippen LogP contribution in [0.25, 0.3) is 11.4 Å². The molecule has 0 spiro atoms. The summed E-state index contributed by atoms with van der Waals surface area (Å²) in [6, 6.07) is 4.52. The summed E-state index contributed by atoms with van der Waals surface area (Å²) in [5.41, 5.74) is 2.99. The van der Waals surface area contributed by atoms with E-state index >= 15 is 0 Å². The maximum atomic E-state index is 13.9. The van der Waals surface area contributed by atoms with Crippen LogP contribution in [0.2, 0.25) is 0 Å². The lowest BCUT2D eigenvalue weighted by Gasteiger charge is -2.35. The maximum Gasteiger partial charge on any atom is 0.433 e. The number of carbonyl (C=O) groups excluding carboxylic acids is 2. The molecule has 7 nitrogen and oxygen atoms in total. The molecule has 2 bridgehead atoms. The number of halogens is 3. The number of amides is 2. The number of nitrogens with zero attached hydrogens (tertiary/aromatic N) is 3. The number of aromatic nitrogens is 2. The number of aliphatic hydroxyl groups is 1. The molecule has 4 heterocycles. The van der Waals surface area contributed by atoms with Gasteiger partial charge < -0.3 is 20.3 Å². The van der Waals surface area contributed by atoms with E-state index in [1.165, 1.54) is 4.90 Å². The second kappa shape index (κ2) is 6.09. The van der Waals surface area contributed by atoms with Gasteiger partial charge in [-0.15, -0.1) is 0 Å². The Bertz CT molecular complexity index is 1140. The van der Waals surface area contributed by atoms with Gasteiger partial charge >= 0.3 is 6.18 Å². The fourth-order valence-corrected chi connectivity index (χ4v) is 5.35. The van der Waals surface area contributed by atoms with Crippen LogP contribution >= 0.6 is 0 Å². The first-order valence-electron chi connectivity index (χ1n) is 10.1. The molecule has 31 heavy (non-hydrogen) atoms. The normalized spacial score (nSPS) is 29.3. The molecule has 2 fully saturated rings. The lowest BCUT2D eigenvalue weighted by atomic mass is 9.74. The van der Waals surface area contributed by atoms with Gasteiger partial charge in [-0.05, 0) is 36.0 Å². The third-order valence-electron chi connectivity index (χ3n) is 7.00. The van der Waals surface area contributed by atoms with E-state index in [2.05, 4.69) is 4.98 Å². The largest absolute Gasteiger partial charge is 0.433 e. The average Bonchev–Trinajstić information content (AvgIpc) is 3.05. The van der Waals surface area contributed by atoms with Crippen LogP contribution in [-0.4, -0.2) is 45.0 Å². The number of alkyl halides is 3. The van der Waals surface area contributed by atoms with Crippen molar-refractivity contribution in [3.05, 3.63) is 40.7 Å². The number of hydrogen-bond donors (Lipinski definition) is 2. The average molecular weight is 434 g/mol. The van der Waals surface area contributed by atoms with Crippen molar-refractivity contribution < 1.29 is 27.9 Å². The summed E-state index contributed by atoms with van der Waals surface area (Å²) < 4.78 is 42.8. The fraction of sp³-hybridized carbons (Fsp3) is 0.476. The SMILES string of the molecule is CC1CN(C)C(=O)[C@]1(O)c1ccc2c(c1)-c1nc(C(N)=O)c(C(F)(F)F)n1C1CC2C1. The van der Waals surface area contributed by atoms with Crippen molar-refractivity contribution in [1.29, 1.82) is 0 Å². The molecule has 2 aromatic rings. The fourth-order valence-electron chi connectivity index (χ4n) is 5.35. The van der Waals surface area contributed by atoms with E-state index in [1.807, 2.05) is 0 Å². The molecule has 1 aromatic carbocycles. The zero-order chi connectivity index (χ0) is 22.5. The molecule has 164 valence electrons. The molecule has 3 aliphatic heterocycles. The van der Waals surface area contributed by atoms with Crippen LogP contribution in [0.1, 0.15) is 59.0 Å². The molecule has 3 N–H and O–H groups in total. The van der Waals surface area contributed by atoms with Crippen molar-refractivity contribution in [2.75, 3.05) is 13.6 Å². The highest BCUT2D eigenvalue weighted by molar-refractivity contribution is 5.93. The van der Waals surface area contributed by atoms with Gasteiger partial charge in [-0.2, -0.15) is 13.2 Å². The number of carbonyl (C=O) groups is 2. The van der Waals surface area contributed by atoms with Gasteiger partial charge in [0.05, 0.1) is 0 Å². The van der Waals surface area contributed by atoms with Crippen molar-refractivity contribution in [3.8, 4) is 11.4 Å². The first-order chi connectivity index (χ1) is 14.4. The highest BCUT2D eigenvalue weighted by atomic mass is 19.4. The number of hydrogen-bond acceptors (Lipinski definition) is 4. The number of benzene rings is 1. The topological polar surface area (TPSA) is 101 Å². The highest BCUT2D eigenvalue weighted by Crippen LogP contribution is 2.55. The summed E-state index contributed by atoms with van der Waals surface area (Å²) in [5, 5.41) is 11.3. The van der Waals surface area contributed by atoms with Gasteiger partial charge in [-0.3, -0.25) is 9.59 Å². The van der Waals surface area contributed by atoms with Gasteiger partial charge in [-0.25, -0.2) is 4.98 Å². The molecular formula is C21H21F3N4O3. The van der Waals surface area contributed by atoms with Crippen LogP contribution in [0.15, 0.2) is 18.2 Å². The van der Waals surface area contributed by atoms with Crippen molar-refractivity contribution in [2.45, 2.75) is 43.5 Å². The molecule has 1 aliphatic carbocycles. The van der Waals surface area contributed by atoms with Crippen LogP contribution in [0.4, 0.5) is 13.2 Å². The lowest BCUT2D eigenvalue weighted by Crippen LogP contribution is -2.39. The Morgan fingerprint density at radius 2 is 2.00 bits per heavy atom. The Morgan fingerprint density at radius 3 is 2.55 bits per heavy atom. The third kappa shape index (κ3) is 2.54. The monoisotopic (exact) mass is 434 g/mol. The second-order valence-electron chi connectivity index (χ2n) is 8.84. The first-order valence-corrected chi connectivity index (χ1v) is 10.1. The Morgan fingerprint density at radius 1 is 1.32 bits per heavy atom. The number of imidazole rings is 1. The Kier molecular flexibility index (Phi) is 3.94. The van der Waals surface area contributed by atoms with Gasteiger partial charge in [-0.1, -0.05) is 19.1 Å². The molecular weight excluding hydrogens is 413 g/mol. The van der Waals surface area contributed by atoms with Crippen LogP contribution in [0.5, 0.6) is 0 Å². The van der Waals surface area contributed by atoms with Crippen molar-refractivity contribution in [1.82, 2.24) is 14.5 Å². The Labute approximate surface area is 175 Å². The summed E-state index contributed by atoms with van der Waals surface area (Å²) in [4.78, 5) is 30.0. The van der Waals surface area contributed by atoms with Crippen LogP contribution in [0.3, 0.4) is 0 Å². The van der Waals surface area contributed by atoms with Crippen LogP contribution < -0.4 is 5.73 Å². The first kappa shape index (κ1) is 20.0. The van der Waals surface area contributed by atoms with E-state index in [4.69, 9.17) is 5.73 Å². The standard InChI is InChI=1S/C21H21F3N4O3/c1-9-8-27(2)19(30)20(9,31)11-3-4-13-10-5-12(6-10)28-16(21(22,23)24)15(17(25)29)26-18(28)14(13)7-11/h3-4,7,9-10,12,31H,5-6,8H2,1-2H3,(H2,25,29)/t9?,10?,12?,20-/m1/s1. The quantitative estimate of drug-likeness (QED) is 0.758. The van der Waals surface area contributed by atoms with E-state index in [-0.39, 0.29) is 11.7 Å². The number of likely N-dealkylation sites (N-methyl/N-ethyl adjacent to an activating group) is 1. The number of likely N-dealkylation sites (tertiary alicyclic amines) is 1. The van der Waals surface area contributed by atoms with E-state index in [1.54, 1.807) is 32.2 Å². The Balaban J connectivity index is 1.76. The van der Waals surface area contributed by atoms with E-state index < -0.39 is 46.9 Å². The number of primary amides is 1. The van der Waals surface area contributed by atoms with E-state index in [9.17, 15) is 27.9 Å². The summed E-state index contributed by atoms with van der Waals surface area (Å²) in [5.74, 6) is -2.08. The molecule has 2 amide bonds. The molecule has 10 heteroatoms. The summed E-state index contributed by atoms with van der Waals surface area (Å²) in [6.07, 6.45) is -3.84. The van der Waals surface area contributed by atoms with E-state index in [0.29, 0.717) is 30.5 Å². The molecule has 0 radical (unpaired) electrons. The third-order valence-corrected chi connectivity index (χ3v) is 7.00. The van der Waals surface area contributed by atoms with Crippen LogP contribution in [0, 0.1) is 5.92 Å². The maximum absolute atomic E-state index is 13.9. The summed E-state index contributed by atoms with van der Waals surface area (Å²) >= 11 is 0. The molecule has 2 atom stereocenters. The van der Waals surface area contributed by atoms with E-state index in [0.717, 1.165) is 10.1 Å². The van der Waals surface area contributed by atoms with Gasteiger partial charge in [0, 0.05) is 31.1 Å². The minimum Gasteiger partial charge on any atom is -0.375 e. The zero-order valence-electron chi connectivity index (χ0n) is 16.9. The predicted molar refractivity (Wildman–Crippen MR) is 103 cm³/mol. The molecule has 6 rings (SSSR count). The minimum absolute atomic E-state index is 0.00183. The highest BCUT2D eigenvalue weighted by Gasteiger charge is 2.52. The van der Waals surface area contributed by atoms with Crippen molar-refractivity contribution >= 4 is 11.8 Å². The second-order valence-corrected chi connectivity index (χ2v) is 8.84. The molecule has 1 aromatic heterocycles. The smallest absolute Gasteiger partial charge is 0.375 e.